The zero-order valence-corrected chi connectivity index (χ0v) is 12.9. The van der Waals surface area contributed by atoms with Gasteiger partial charge in [-0.2, -0.15) is 0 Å². The molecule has 4 rings (SSSR count). The average molecular weight is 311 g/mol. The van der Waals surface area contributed by atoms with Crippen LogP contribution in [0.3, 0.4) is 0 Å². The summed E-state index contributed by atoms with van der Waals surface area (Å²) in [5.41, 5.74) is 0. The largest absolute Gasteiger partial charge is 0.394 e. The van der Waals surface area contributed by atoms with Gasteiger partial charge in [0.2, 0.25) is 9.84 Å². The molecule has 0 amide bonds. The van der Waals surface area contributed by atoms with E-state index >= 15 is 0 Å². The standard InChI is InChI=1S/C14H21N3O3S/c18-21(19,12-4-2-1-3-5-12)14-16-15-13(20-14)17-10-6-7-11(17)9-8-10/h10-12H,1-9H2. The number of anilines is 1. The number of fused-ring (bicyclic) bond motifs is 2. The molecule has 7 heteroatoms. The van der Waals surface area contributed by atoms with Crippen molar-refractivity contribution < 1.29 is 12.8 Å². The Kier molecular flexibility index (Phi) is 3.20. The highest BCUT2D eigenvalue weighted by atomic mass is 32.2. The lowest BCUT2D eigenvalue weighted by Crippen LogP contribution is -2.28. The Hall–Kier alpha value is -1.11. The van der Waals surface area contributed by atoms with E-state index in [1.807, 2.05) is 0 Å². The molecule has 116 valence electrons. The highest BCUT2D eigenvalue weighted by Gasteiger charge is 2.43. The number of hydrogen-bond acceptors (Lipinski definition) is 6. The molecule has 1 aromatic heterocycles. The fourth-order valence-electron chi connectivity index (χ4n) is 4.16. The number of aromatic nitrogens is 2. The Morgan fingerprint density at radius 3 is 2.14 bits per heavy atom. The van der Waals surface area contributed by atoms with Gasteiger partial charge >= 0.3 is 11.2 Å². The minimum atomic E-state index is -3.45. The highest BCUT2D eigenvalue weighted by Crippen LogP contribution is 2.40. The van der Waals surface area contributed by atoms with E-state index in [1.54, 1.807) is 0 Å². The molecule has 6 nitrogen and oxygen atoms in total. The van der Waals surface area contributed by atoms with Gasteiger partial charge in [-0.3, -0.25) is 0 Å². The smallest absolute Gasteiger partial charge is 0.337 e. The summed E-state index contributed by atoms with van der Waals surface area (Å²) in [6, 6.07) is 1.33. The third-order valence-corrected chi connectivity index (χ3v) is 7.30. The van der Waals surface area contributed by atoms with Gasteiger partial charge in [-0.25, -0.2) is 8.42 Å². The number of rotatable bonds is 3. The zero-order chi connectivity index (χ0) is 14.4. The Morgan fingerprint density at radius 1 is 0.905 bits per heavy atom. The summed E-state index contributed by atoms with van der Waals surface area (Å²) in [5, 5.41) is 7.38. The van der Waals surface area contributed by atoms with Crippen LogP contribution in [-0.4, -0.2) is 35.9 Å². The molecule has 2 bridgehead atoms. The second-order valence-electron chi connectivity index (χ2n) is 6.53. The van der Waals surface area contributed by atoms with Crippen molar-refractivity contribution in [3.05, 3.63) is 0 Å². The van der Waals surface area contributed by atoms with Crippen LogP contribution in [0, 0.1) is 0 Å². The SMILES string of the molecule is O=S(=O)(c1nnc(N2C3CCC2CC3)o1)C1CCCCC1. The van der Waals surface area contributed by atoms with E-state index in [-0.39, 0.29) is 10.5 Å². The molecule has 0 spiro atoms. The van der Waals surface area contributed by atoms with Crippen molar-refractivity contribution in [2.75, 3.05) is 4.90 Å². The van der Waals surface area contributed by atoms with Crippen LogP contribution in [0.5, 0.6) is 0 Å². The van der Waals surface area contributed by atoms with E-state index in [2.05, 4.69) is 15.1 Å². The first-order chi connectivity index (χ1) is 10.2. The molecule has 0 radical (unpaired) electrons. The van der Waals surface area contributed by atoms with Gasteiger partial charge in [0.25, 0.3) is 0 Å². The topological polar surface area (TPSA) is 76.3 Å². The van der Waals surface area contributed by atoms with Crippen LogP contribution >= 0.6 is 0 Å². The van der Waals surface area contributed by atoms with E-state index in [9.17, 15) is 8.42 Å². The van der Waals surface area contributed by atoms with Crippen molar-refractivity contribution in [3.63, 3.8) is 0 Å². The summed E-state index contributed by atoms with van der Waals surface area (Å²) in [7, 11) is -3.45. The highest BCUT2D eigenvalue weighted by molar-refractivity contribution is 7.91. The van der Waals surface area contributed by atoms with E-state index in [0.717, 1.165) is 57.8 Å². The van der Waals surface area contributed by atoms with Crippen molar-refractivity contribution in [2.24, 2.45) is 0 Å². The van der Waals surface area contributed by atoms with Crippen LogP contribution in [0.1, 0.15) is 57.8 Å². The van der Waals surface area contributed by atoms with Gasteiger partial charge in [0, 0.05) is 12.1 Å². The fraction of sp³-hybridized carbons (Fsp3) is 0.857. The first-order valence-corrected chi connectivity index (χ1v) is 9.56. The number of nitrogens with zero attached hydrogens (tertiary/aromatic N) is 3. The van der Waals surface area contributed by atoms with Crippen molar-refractivity contribution in [3.8, 4) is 0 Å². The fourth-order valence-corrected chi connectivity index (χ4v) is 5.75. The summed E-state index contributed by atoms with van der Waals surface area (Å²) < 4.78 is 30.7. The normalized spacial score (nSPS) is 30.2. The van der Waals surface area contributed by atoms with Crippen LogP contribution in [-0.2, 0) is 9.84 Å². The monoisotopic (exact) mass is 311 g/mol. The minimum absolute atomic E-state index is 0.171. The first kappa shape index (κ1) is 13.5. The van der Waals surface area contributed by atoms with E-state index in [1.165, 1.54) is 0 Å². The Bertz CT molecular complexity index is 601. The molecule has 0 unspecified atom stereocenters. The molecule has 0 aromatic carbocycles. The average Bonchev–Trinajstić information content (AvgIpc) is 3.22. The second-order valence-corrected chi connectivity index (χ2v) is 8.63. The summed E-state index contributed by atoms with van der Waals surface area (Å²) in [4.78, 5) is 2.15. The van der Waals surface area contributed by atoms with Gasteiger partial charge in [0.1, 0.15) is 0 Å². The molecular formula is C14H21N3O3S. The van der Waals surface area contributed by atoms with Gasteiger partial charge in [-0.1, -0.05) is 29.5 Å². The van der Waals surface area contributed by atoms with Crippen molar-refractivity contribution in [2.45, 2.75) is 80.3 Å². The summed E-state index contributed by atoms with van der Waals surface area (Å²) in [6.45, 7) is 0. The molecule has 0 N–H and O–H groups in total. The summed E-state index contributed by atoms with van der Waals surface area (Å²) in [5.74, 6) is 0. The van der Waals surface area contributed by atoms with Crippen LogP contribution in [0.4, 0.5) is 6.01 Å². The molecule has 3 heterocycles. The molecule has 3 fully saturated rings. The van der Waals surface area contributed by atoms with Crippen LogP contribution in [0.2, 0.25) is 0 Å². The van der Waals surface area contributed by atoms with Crippen molar-refractivity contribution in [1.82, 2.24) is 10.2 Å². The Morgan fingerprint density at radius 2 is 1.52 bits per heavy atom. The molecule has 2 saturated heterocycles. The molecule has 1 aliphatic carbocycles. The Labute approximate surface area is 124 Å². The third-order valence-electron chi connectivity index (χ3n) is 5.30. The molecule has 21 heavy (non-hydrogen) atoms. The van der Waals surface area contributed by atoms with Crippen LogP contribution in [0.15, 0.2) is 9.64 Å². The summed E-state index contributed by atoms with van der Waals surface area (Å²) in [6.07, 6.45) is 9.11. The van der Waals surface area contributed by atoms with E-state index in [4.69, 9.17) is 4.42 Å². The maximum atomic E-state index is 12.6. The van der Waals surface area contributed by atoms with Gasteiger partial charge in [-0.05, 0) is 38.5 Å². The zero-order valence-electron chi connectivity index (χ0n) is 12.1. The van der Waals surface area contributed by atoms with Gasteiger partial charge < -0.3 is 9.32 Å². The predicted octanol–water partition coefficient (Wildman–Crippen LogP) is 2.31. The number of hydrogen-bond donors (Lipinski definition) is 0. The maximum absolute atomic E-state index is 12.6. The van der Waals surface area contributed by atoms with Crippen molar-refractivity contribution in [1.29, 1.82) is 0 Å². The minimum Gasteiger partial charge on any atom is -0.394 e. The lowest BCUT2D eigenvalue weighted by atomic mass is 10.0. The molecule has 3 aliphatic rings. The molecule has 0 atom stereocenters. The van der Waals surface area contributed by atoms with Gasteiger partial charge in [0.05, 0.1) is 5.25 Å². The van der Waals surface area contributed by atoms with Gasteiger partial charge in [-0.15, -0.1) is 0 Å². The van der Waals surface area contributed by atoms with E-state index in [0.29, 0.717) is 18.1 Å². The van der Waals surface area contributed by atoms with Crippen LogP contribution in [0.25, 0.3) is 0 Å². The molecule has 1 aromatic rings. The molecular weight excluding hydrogens is 290 g/mol. The lowest BCUT2D eigenvalue weighted by molar-refractivity contribution is 0.409. The molecule has 2 aliphatic heterocycles. The third kappa shape index (κ3) is 2.17. The predicted molar refractivity (Wildman–Crippen MR) is 76.9 cm³/mol. The second kappa shape index (κ2) is 4.97. The van der Waals surface area contributed by atoms with Crippen LogP contribution < -0.4 is 4.90 Å². The first-order valence-electron chi connectivity index (χ1n) is 8.02. The van der Waals surface area contributed by atoms with Crippen molar-refractivity contribution >= 4 is 15.9 Å². The van der Waals surface area contributed by atoms with Gasteiger partial charge in [0.15, 0.2) is 0 Å². The Balaban J connectivity index is 1.59. The quantitative estimate of drug-likeness (QED) is 0.852. The molecule has 1 saturated carbocycles. The lowest BCUT2D eigenvalue weighted by Gasteiger charge is -2.20. The summed E-state index contributed by atoms with van der Waals surface area (Å²) >= 11 is 0. The number of sulfone groups is 1. The maximum Gasteiger partial charge on any atom is 0.337 e. The van der Waals surface area contributed by atoms with E-state index < -0.39 is 9.84 Å².